The lowest BCUT2D eigenvalue weighted by Crippen LogP contribution is -2.15. The van der Waals surface area contributed by atoms with E-state index in [1.807, 2.05) is 42.3 Å². The van der Waals surface area contributed by atoms with E-state index in [2.05, 4.69) is 0 Å². The van der Waals surface area contributed by atoms with E-state index >= 15 is 0 Å². The van der Waals surface area contributed by atoms with E-state index in [-0.39, 0.29) is 5.76 Å². The Morgan fingerprint density at radius 2 is 1.94 bits per heavy atom. The number of carbonyl (C=O) groups is 1. The number of rotatable bonds is 4. The van der Waals surface area contributed by atoms with Gasteiger partial charge in [-0.05, 0) is 11.6 Å². The second-order valence-electron chi connectivity index (χ2n) is 3.78. The van der Waals surface area contributed by atoms with Gasteiger partial charge in [0.1, 0.15) is 0 Å². The molecule has 0 aliphatic heterocycles. The van der Waals surface area contributed by atoms with Gasteiger partial charge in [-0.25, -0.2) is 4.79 Å². The van der Waals surface area contributed by atoms with Crippen molar-refractivity contribution < 1.29 is 14.3 Å². The van der Waals surface area contributed by atoms with Crippen molar-refractivity contribution in [2.24, 2.45) is 0 Å². The molecule has 0 fully saturated rings. The molecule has 1 heterocycles. The first-order chi connectivity index (χ1) is 8.16. The van der Waals surface area contributed by atoms with Crippen LogP contribution < -0.4 is 4.90 Å². The highest BCUT2D eigenvalue weighted by Crippen LogP contribution is 2.19. The van der Waals surface area contributed by atoms with Crippen molar-refractivity contribution in [2.75, 3.05) is 11.9 Å². The van der Waals surface area contributed by atoms with E-state index in [9.17, 15) is 4.79 Å². The molecule has 4 nitrogen and oxygen atoms in total. The van der Waals surface area contributed by atoms with Gasteiger partial charge in [0.15, 0.2) is 5.88 Å². The third-order valence-corrected chi connectivity index (χ3v) is 2.44. The highest BCUT2D eigenvalue weighted by atomic mass is 16.4. The lowest BCUT2D eigenvalue weighted by atomic mass is 10.2. The third-order valence-electron chi connectivity index (χ3n) is 2.44. The predicted molar refractivity (Wildman–Crippen MR) is 64.2 cm³/mol. The molecular formula is C13H13NO3. The molecule has 2 rings (SSSR count). The fraction of sp³-hybridized carbons (Fsp3) is 0.154. The van der Waals surface area contributed by atoms with E-state index in [1.165, 1.54) is 6.07 Å². The topological polar surface area (TPSA) is 53.7 Å². The standard InChI is InChI=1S/C13H13NO3/c1-14(9-10-5-3-2-4-6-10)12-8-7-11(17-12)13(15)16/h2-8H,9H2,1H3,(H,15,16). The van der Waals surface area contributed by atoms with Gasteiger partial charge in [0.25, 0.3) is 0 Å². The number of benzene rings is 1. The maximum atomic E-state index is 10.7. The molecule has 17 heavy (non-hydrogen) atoms. The molecule has 1 aromatic heterocycles. The number of hydrogen-bond donors (Lipinski definition) is 1. The Labute approximate surface area is 99.1 Å². The molecular weight excluding hydrogens is 218 g/mol. The zero-order valence-electron chi connectivity index (χ0n) is 9.46. The molecule has 0 saturated carbocycles. The summed E-state index contributed by atoms with van der Waals surface area (Å²) in [5, 5.41) is 8.76. The Morgan fingerprint density at radius 3 is 2.53 bits per heavy atom. The summed E-state index contributed by atoms with van der Waals surface area (Å²) >= 11 is 0. The molecule has 0 saturated heterocycles. The van der Waals surface area contributed by atoms with Gasteiger partial charge in [-0.1, -0.05) is 30.3 Å². The molecule has 0 bridgehead atoms. The maximum Gasteiger partial charge on any atom is 0.371 e. The zero-order chi connectivity index (χ0) is 12.3. The Bertz CT molecular complexity index is 504. The van der Waals surface area contributed by atoms with Gasteiger partial charge in [0.05, 0.1) is 0 Å². The van der Waals surface area contributed by atoms with Crippen molar-refractivity contribution in [3.63, 3.8) is 0 Å². The Hall–Kier alpha value is -2.23. The van der Waals surface area contributed by atoms with Crippen LogP contribution >= 0.6 is 0 Å². The molecule has 4 heteroatoms. The monoisotopic (exact) mass is 231 g/mol. The summed E-state index contributed by atoms with van der Waals surface area (Å²) in [4.78, 5) is 12.5. The van der Waals surface area contributed by atoms with E-state index in [4.69, 9.17) is 9.52 Å². The minimum absolute atomic E-state index is 0.0417. The molecule has 0 aliphatic rings. The average molecular weight is 231 g/mol. The number of furan rings is 1. The number of carboxylic acid groups (broad SMARTS) is 1. The lowest BCUT2D eigenvalue weighted by molar-refractivity contribution is 0.0663. The molecule has 2 aromatic rings. The van der Waals surface area contributed by atoms with Crippen LogP contribution in [-0.4, -0.2) is 18.1 Å². The summed E-state index contributed by atoms with van der Waals surface area (Å²) in [5.41, 5.74) is 1.14. The van der Waals surface area contributed by atoms with E-state index in [1.54, 1.807) is 6.07 Å². The number of carboxylic acids is 1. The number of aromatic carboxylic acids is 1. The fourth-order valence-corrected chi connectivity index (χ4v) is 1.58. The summed E-state index contributed by atoms with van der Waals surface area (Å²) in [6, 6.07) is 13.0. The minimum atomic E-state index is -1.05. The Morgan fingerprint density at radius 1 is 1.24 bits per heavy atom. The van der Waals surface area contributed by atoms with Gasteiger partial charge in [0, 0.05) is 19.7 Å². The maximum absolute atomic E-state index is 10.7. The van der Waals surface area contributed by atoms with E-state index < -0.39 is 5.97 Å². The third kappa shape index (κ3) is 2.66. The molecule has 0 spiro atoms. The zero-order valence-corrected chi connectivity index (χ0v) is 9.46. The van der Waals surface area contributed by atoms with Crippen molar-refractivity contribution in [1.29, 1.82) is 0 Å². The van der Waals surface area contributed by atoms with Gasteiger partial charge in [-0.2, -0.15) is 0 Å². The molecule has 88 valence electrons. The molecule has 1 N–H and O–H groups in total. The second-order valence-corrected chi connectivity index (χ2v) is 3.78. The van der Waals surface area contributed by atoms with E-state index in [0.717, 1.165) is 5.56 Å². The molecule has 0 aliphatic carbocycles. The van der Waals surface area contributed by atoms with Gasteiger partial charge in [-0.3, -0.25) is 0 Å². The van der Waals surface area contributed by atoms with Gasteiger partial charge >= 0.3 is 5.97 Å². The van der Waals surface area contributed by atoms with Crippen molar-refractivity contribution in [3.8, 4) is 0 Å². The van der Waals surface area contributed by atoms with Gasteiger partial charge in [-0.15, -0.1) is 0 Å². The number of hydrogen-bond acceptors (Lipinski definition) is 3. The average Bonchev–Trinajstić information content (AvgIpc) is 2.79. The SMILES string of the molecule is CN(Cc1ccccc1)c1ccc(C(=O)O)o1. The summed E-state index contributed by atoms with van der Waals surface area (Å²) < 4.78 is 5.21. The van der Waals surface area contributed by atoms with Crippen LogP contribution in [0.3, 0.4) is 0 Å². The van der Waals surface area contributed by atoms with Crippen LogP contribution in [-0.2, 0) is 6.54 Å². The number of nitrogens with zero attached hydrogens (tertiary/aromatic N) is 1. The van der Waals surface area contributed by atoms with E-state index in [0.29, 0.717) is 12.4 Å². The van der Waals surface area contributed by atoms with Crippen LogP contribution in [0, 0.1) is 0 Å². The minimum Gasteiger partial charge on any atom is -0.475 e. The summed E-state index contributed by atoms with van der Waals surface area (Å²) in [6.45, 7) is 0.674. The molecule has 1 aromatic carbocycles. The van der Waals surface area contributed by atoms with Crippen LogP contribution in [0.25, 0.3) is 0 Å². The predicted octanol–water partition coefficient (Wildman–Crippen LogP) is 2.61. The lowest BCUT2D eigenvalue weighted by Gasteiger charge is -2.15. The Balaban J connectivity index is 2.09. The largest absolute Gasteiger partial charge is 0.475 e. The van der Waals surface area contributed by atoms with Crippen molar-refractivity contribution in [1.82, 2.24) is 0 Å². The van der Waals surface area contributed by atoms with Crippen LogP contribution in [0.15, 0.2) is 46.9 Å². The van der Waals surface area contributed by atoms with Gasteiger partial charge in [0.2, 0.25) is 5.76 Å². The summed E-state index contributed by atoms with van der Waals surface area (Å²) in [6.07, 6.45) is 0. The molecule has 0 atom stereocenters. The molecule has 0 amide bonds. The highest BCUT2D eigenvalue weighted by Gasteiger charge is 2.11. The molecule has 0 radical (unpaired) electrons. The van der Waals surface area contributed by atoms with Crippen molar-refractivity contribution in [2.45, 2.75) is 6.54 Å². The normalized spacial score (nSPS) is 10.2. The second kappa shape index (κ2) is 4.74. The van der Waals surface area contributed by atoms with Crippen LogP contribution in [0.5, 0.6) is 0 Å². The quantitative estimate of drug-likeness (QED) is 0.878. The van der Waals surface area contributed by atoms with Crippen molar-refractivity contribution in [3.05, 3.63) is 53.8 Å². The summed E-state index contributed by atoms with van der Waals surface area (Å²) in [7, 11) is 1.86. The highest BCUT2D eigenvalue weighted by molar-refractivity contribution is 5.84. The van der Waals surface area contributed by atoms with Gasteiger partial charge < -0.3 is 14.4 Å². The number of anilines is 1. The Kier molecular flexibility index (Phi) is 3.14. The first kappa shape index (κ1) is 11.3. The molecule has 0 unspecified atom stereocenters. The smallest absolute Gasteiger partial charge is 0.371 e. The van der Waals surface area contributed by atoms with Crippen molar-refractivity contribution >= 4 is 11.9 Å². The van der Waals surface area contributed by atoms with Crippen LogP contribution in [0.4, 0.5) is 5.88 Å². The fourth-order valence-electron chi connectivity index (χ4n) is 1.58. The first-order valence-corrected chi connectivity index (χ1v) is 5.25. The summed E-state index contributed by atoms with van der Waals surface area (Å²) in [5.74, 6) is -0.546. The van der Waals surface area contributed by atoms with Crippen LogP contribution in [0.2, 0.25) is 0 Å². The first-order valence-electron chi connectivity index (χ1n) is 5.25. The van der Waals surface area contributed by atoms with Crippen LogP contribution in [0.1, 0.15) is 16.1 Å².